The molecule has 5 rings (SSSR count). The maximum atomic E-state index is 12.8. The zero-order valence-electron chi connectivity index (χ0n) is 20.7. The number of carbonyl (C=O) groups excluding carboxylic acids is 2. The molecule has 2 fully saturated rings. The maximum absolute atomic E-state index is 12.8. The van der Waals surface area contributed by atoms with E-state index in [0.29, 0.717) is 17.5 Å². The van der Waals surface area contributed by atoms with Crippen LogP contribution in [0.25, 0.3) is 11.3 Å². The van der Waals surface area contributed by atoms with Gasteiger partial charge in [-0.3, -0.25) is 14.9 Å². The molecule has 3 aromatic rings. The Labute approximate surface area is 216 Å². The molecule has 1 aliphatic carbocycles. The van der Waals surface area contributed by atoms with Gasteiger partial charge in [-0.1, -0.05) is 60.2 Å². The largest absolute Gasteiger partial charge is 0.352 e. The number of thiazole rings is 1. The summed E-state index contributed by atoms with van der Waals surface area (Å²) in [5.41, 5.74) is 4.40. The normalized spacial score (nSPS) is 23.8. The van der Waals surface area contributed by atoms with E-state index in [-0.39, 0.29) is 29.9 Å². The molecule has 0 spiro atoms. The SMILES string of the molecule is Cc1ccc(-c2csc(NC(=O)CC3CCC(NC(=O)[C@@H]4CC[C@H](c5ccccc5)N4)CC3)n2)cc1. The van der Waals surface area contributed by atoms with Crippen molar-refractivity contribution in [2.75, 3.05) is 5.32 Å². The molecule has 2 aromatic carbocycles. The highest BCUT2D eigenvalue weighted by atomic mass is 32.1. The molecule has 1 saturated carbocycles. The van der Waals surface area contributed by atoms with Crippen molar-refractivity contribution in [2.24, 2.45) is 5.92 Å². The fraction of sp³-hybridized carbons (Fsp3) is 0.414. The molecule has 1 aliphatic heterocycles. The standard InChI is InChI=1S/C29H34N4O2S/c1-19-7-11-22(12-8-19)26-18-36-29(32-26)33-27(34)17-20-9-13-23(14-10-20)30-28(35)25-16-15-24(31-25)21-5-3-2-4-6-21/h2-8,11-12,18,20,23-25,31H,9-10,13-17H2,1H3,(H,30,35)(H,32,33,34)/t20?,23?,24-,25+/m1/s1. The number of aryl methyl sites for hydroxylation is 1. The highest BCUT2D eigenvalue weighted by Crippen LogP contribution is 2.30. The van der Waals surface area contributed by atoms with E-state index in [1.807, 2.05) is 23.6 Å². The Morgan fingerprint density at radius 2 is 1.72 bits per heavy atom. The van der Waals surface area contributed by atoms with E-state index in [1.165, 1.54) is 22.5 Å². The Hall–Kier alpha value is -3.03. The van der Waals surface area contributed by atoms with Gasteiger partial charge < -0.3 is 10.6 Å². The Morgan fingerprint density at radius 3 is 2.47 bits per heavy atom. The van der Waals surface area contributed by atoms with E-state index in [2.05, 4.69) is 64.3 Å². The van der Waals surface area contributed by atoms with E-state index >= 15 is 0 Å². The second-order valence-corrected chi connectivity index (χ2v) is 11.0. The van der Waals surface area contributed by atoms with Gasteiger partial charge in [-0.05, 0) is 56.9 Å². The number of rotatable bonds is 7. The number of nitrogens with zero attached hydrogens (tertiary/aromatic N) is 1. The Balaban J connectivity index is 1.03. The number of hydrogen-bond donors (Lipinski definition) is 3. The first-order valence-electron chi connectivity index (χ1n) is 13.0. The van der Waals surface area contributed by atoms with Crippen molar-refractivity contribution in [2.45, 2.75) is 70.0 Å². The molecule has 188 valence electrons. The minimum Gasteiger partial charge on any atom is -0.352 e. The van der Waals surface area contributed by atoms with Crippen LogP contribution in [-0.2, 0) is 9.59 Å². The third kappa shape index (κ3) is 6.20. The lowest BCUT2D eigenvalue weighted by Crippen LogP contribution is -2.46. The molecule has 36 heavy (non-hydrogen) atoms. The van der Waals surface area contributed by atoms with Crippen molar-refractivity contribution in [1.29, 1.82) is 0 Å². The van der Waals surface area contributed by atoms with Crippen LogP contribution in [0.4, 0.5) is 5.13 Å². The monoisotopic (exact) mass is 502 g/mol. The van der Waals surface area contributed by atoms with Gasteiger partial charge >= 0.3 is 0 Å². The molecular weight excluding hydrogens is 468 g/mol. The van der Waals surface area contributed by atoms with Crippen molar-refractivity contribution in [3.8, 4) is 11.3 Å². The number of carbonyl (C=O) groups is 2. The van der Waals surface area contributed by atoms with Crippen LogP contribution in [-0.4, -0.2) is 28.9 Å². The van der Waals surface area contributed by atoms with Crippen LogP contribution in [0.15, 0.2) is 60.0 Å². The molecule has 6 nitrogen and oxygen atoms in total. The number of aromatic nitrogens is 1. The Bertz CT molecular complexity index is 1170. The first-order valence-corrected chi connectivity index (χ1v) is 13.9. The summed E-state index contributed by atoms with van der Waals surface area (Å²) in [6, 6.07) is 18.9. The third-order valence-corrected chi connectivity index (χ3v) is 8.19. The van der Waals surface area contributed by atoms with Crippen LogP contribution >= 0.6 is 11.3 Å². The van der Waals surface area contributed by atoms with Crippen molar-refractivity contribution in [1.82, 2.24) is 15.6 Å². The van der Waals surface area contributed by atoms with Gasteiger partial charge in [0.25, 0.3) is 0 Å². The summed E-state index contributed by atoms with van der Waals surface area (Å²) in [7, 11) is 0. The zero-order valence-corrected chi connectivity index (χ0v) is 21.5. The average Bonchev–Trinajstić information content (AvgIpc) is 3.57. The number of benzene rings is 2. The summed E-state index contributed by atoms with van der Waals surface area (Å²) in [6.45, 7) is 2.06. The van der Waals surface area contributed by atoms with Gasteiger partial charge in [0.15, 0.2) is 5.13 Å². The van der Waals surface area contributed by atoms with Gasteiger partial charge in [-0.15, -0.1) is 11.3 Å². The van der Waals surface area contributed by atoms with Crippen LogP contribution in [0.3, 0.4) is 0 Å². The van der Waals surface area contributed by atoms with Crippen LogP contribution in [0.5, 0.6) is 0 Å². The summed E-state index contributed by atoms with van der Waals surface area (Å²) in [4.78, 5) is 30.0. The van der Waals surface area contributed by atoms with Gasteiger partial charge in [-0.25, -0.2) is 4.98 Å². The quantitative estimate of drug-likeness (QED) is 0.392. The second-order valence-electron chi connectivity index (χ2n) is 10.1. The summed E-state index contributed by atoms with van der Waals surface area (Å²) >= 11 is 1.46. The molecule has 1 aromatic heterocycles. The van der Waals surface area contributed by atoms with Crippen molar-refractivity contribution in [3.63, 3.8) is 0 Å². The lowest BCUT2D eigenvalue weighted by molar-refractivity contribution is -0.124. The van der Waals surface area contributed by atoms with Gasteiger partial charge in [0, 0.05) is 29.4 Å². The van der Waals surface area contributed by atoms with Gasteiger partial charge in [0.2, 0.25) is 11.8 Å². The molecule has 2 aliphatic rings. The molecule has 0 radical (unpaired) electrons. The zero-order chi connectivity index (χ0) is 24.9. The molecule has 2 amide bonds. The van der Waals surface area contributed by atoms with Crippen LogP contribution in [0.1, 0.15) is 62.1 Å². The third-order valence-electron chi connectivity index (χ3n) is 7.43. The minimum atomic E-state index is -0.123. The van der Waals surface area contributed by atoms with Crippen LogP contribution in [0, 0.1) is 12.8 Å². The summed E-state index contributed by atoms with van der Waals surface area (Å²) in [5.74, 6) is 0.485. The molecular formula is C29H34N4O2S. The van der Waals surface area contributed by atoms with Gasteiger partial charge in [0.1, 0.15) is 0 Å². The Kier molecular flexibility index (Phi) is 7.78. The molecule has 2 atom stereocenters. The Morgan fingerprint density at radius 1 is 0.972 bits per heavy atom. The summed E-state index contributed by atoms with van der Waals surface area (Å²) < 4.78 is 0. The number of anilines is 1. The summed E-state index contributed by atoms with van der Waals surface area (Å²) in [6.07, 6.45) is 6.10. The lowest BCUT2D eigenvalue weighted by Gasteiger charge is -2.29. The molecule has 3 N–H and O–H groups in total. The van der Waals surface area contributed by atoms with E-state index < -0.39 is 0 Å². The fourth-order valence-corrected chi connectivity index (χ4v) is 6.07. The highest BCUT2D eigenvalue weighted by molar-refractivity contribution is 7.14. The topological polar surface area (TPSA) is 83.1 Å². The first kappa shape index (κ1) is 24.7. The van der Waals surface area contributed by atoms with Crippen LogP contribution < -0.4 is 16.0 Å². The average molecular weight is 503 g/mol. The minimum absolute atomic E-state index is 0.0226. The van der Waals surface area contributed by atoms with E-state index in [0.717, 1.165) is 49.8 Å². The molecule has 2 heterocycles. The lowest BCUT2D eigenvalue weighted by atomic mass is 9.84. The van der Waals surface area contributed by atoms with Gasteiger partial charge in [-0.2, -0.15) is 0 Å². The van der Waals surface area contributed by atoms with Gasteiger partial charge in [0.05, 0.1) is 11.7 Å². The second kappa shape index (κ2) is 11.4. The van der Waals surface area contributed by atoms with Crippen molar-refractivity contribution < 1.29 is 9.59 Å². The fourth-order valence-electron chi connectivity index (χ4n) is 5.33. The predicted molar refractivity (Wildman–Crippen MR) is 145 cm³/mol. The predicted octanol–water partition coefficient (Wildman–Crippen LogP) is 5.62. The molecule has 0 unspecified atom stereocenters. The number of nitrogens with one attached hydrogen (secondary N) is 3. The molecule has 1 saturated heterocycles. The summed E-state index contributed by atoms with van der Waals surface area (Å²) in [5, 5.41) is 12.4. The van der Waals surface area contributed by atoms with E-state index in [9.17, 15) is 9.59 Å². The van der Waals surface area contributed by atoms with Crippen molar-refractivity contribution in [3.05, 3.63) is 71.1 Å². The van der Waals surface area contributed by atoms with E-state index in [1.54, 1.807) is 0 Å². The maximum Gasteiger partial charge on any atom is 0.237 e. The first-order chi connectivity index (χ1) is 17.5. The molecule has 7 heteroatoms. The smallest absolute Gasteiger partial charge is 0.237 e. The molecule has 0 bridgehead atoms. The number of amides is 2. The highest BCUT2D eigenvalue weighted by Gasteiger charge is 2.32. The van der Waals surface area contributed by atoms with Crippen molar-refractivity contribution >= 4 is 28.3 Å². The number of hydrogen-bond acceptors (Lipinski definition) is 5. The van der Waals surface area contributed by atoms with Crippen LogP contribution in [0.2, 0.25) is 0 Å². The van der Waals surface area contributed by atoms with E-state index in [4.69, 9.17) is 0 Å².